The van der Waals surface area contributed by atoms with Gasteiger partial charge in [0.1, 0.15) is 5.75 Å². The van der Waals surface area contributed by atoms with Crippen molar-refractivity contribution in [3.05, 3.63) is 53.1 Å². The van der Waals surface area contributed by atoms with E-state index in [1.807, 2.05) is 0 Å². The molecule has 0 saturated heterocycles. The molecule has 162 valence electrons. The molecule has 0 aliphatic heterocycles. The van der Waals surface area contributed by atoms with Gasteiger partial charge in [-0.3, -0.25) is 4.79 Å². The molecule has 0 aromatic heterocycles. The SMILES string of the molecule is CCOC(=O)c1ccc(NC(=O)CN(C)S(=O)(=O)c2ccc(OCC)c(Cl)c2)cc1. The zero-order valence-corrected chi connectivity index (χ0v) is 18.4. The van der Waals surface area contributed by atoms with Crippen molar-refractivity contribution in [3.8, 4) is 5.75 Å². The number of ether oxygens (including phenoxy) is 2. The molecule has 0 fully saturated rings. The van der Waals surface area contributed by atoms with Crippen LogP contribution >= 0.6 is 11.6 Å². The van der Waals surface area contributed by atoms with Gasteiger partial charge in [-0.1, -0.05) is 11.6 Å². The van der Waals surface area contributed by atoms with Crippen LogP contribution in [0.4, 0.5) is 5.69 Å². The summed E-state index contributed by atoms with van der Waals surface area (Å²) in [5.74, 6) is -0.623. The number of hydrogen-bond acceptors (Lipinski definition) is 6. The van der Waals surface area contributed by atoms with Crippen LogP contribution in [0.25, 0.3) is 0 Å². The summed E-state index contributed by atoms with van der Waals surface area (Å²) in [6.07, 6.45) is 0. The minimum atomic E-state index is -3.93. The first kappa shape index (κ1) is 23.7. The molecule has 10 heteroatoms. The monoisotopic (exact) mass is 454 g/mol. The van der Waals surface area contributed by atoms with E-state index in [0.717, 1.165) is 4.31 Å². The number of rotatable bonds is 9. The predicted molar refractivity (Wildman–Crippen MR) is 113 cm³/mol. The van der Waals surface area contributed by atoms with E-state index in [1.54, 1.807) is 13.8 Å². The minimum Gasteiger partial charge on any atom is -0.492 e. The fourth-order valence-corrected chi connectivity index (χ4v) is 3.94. The largest absolute Gasteiger partial charge is 0.492 e. The predicted octanol–water partition coefficient (Wildman–Crippen LogP) is 3.17. The molecule has 0 heterocycles. The molecule has 0 aliphatic carbocycles. The van der Waals surface area contributed by atoms with Crippen molar-refractivity contribution in [1.82, 2.24) is 4.31 Å². The average Bonchev–Trinajstić information content (AvgIpc) is 2.70. The second-order valence-electron chi connectivity index (χ2n) is 6.13. The van der Waals surface area contributed by atoms with E-state index in [0.29, 0.717) is 23.6 Å². The van der Waals surface area contributed by atoms with Gasteiger partial charge in [-0.2, -0.15) is 4.31 Å². The number of anilines is 1. The van der Waals surface area contributed by atoms with Gasteiger partial charge in [0.2, 0.25) is 15.9 Å². The molecular weight excluding hydrogens is 432 g/mol. The lowest BCUT2D eigenvalue weighted by Crippen LogP contribution is -2.35. The van der Waals surface area contributed by atoms with Crippen molar-refractivity contribution in [3.63, 3.8) is 0 Å². The van der Waals surface area contributed by atoms with Crippen molar-refractivity contribution < 1.29 is 27.5 Å². The van der Waals surface area contributed by atoms with Crippen LogP contribution in [0.1, 0.15) is 24.2 Å². The van der Waals surface area contributed by atoms with Crippen molar-refractivity contribution in [1.29, 1.82) is 0 Å². The zero-order chi connectivity index (χ0) is 22.3. The summed E-state index contributed by atoms with van der Waals surface area (Å²) in [5.41, 5.74) is 0.768. The molecule has 8 nitrogen and oxygen atoms in total. The number of nitrogens with zero attached hydrogens (tertiary/aromatic N) is 1. The van der Waals surface area contributed by atoms with Crippen LogP contribution in [-0.4, -0.2) is 51.4 Å². The van der Waals surface area contributed by atoms with Gasteiger partial charge in [0.05, 0.1) is 35.2 Å². The van der Waals surface area contributed by atoms with Gasteiger partial charge >= 0.3 is 5.97 Å². The Bertz CT molecular complexity index is 1010. The smallest absolute Gasteiger partial charge is 0.338 e. The van der Waals surface area contributed by atoms with E-state index in [1.165, 1.54) is 49.5 Å². The number of benzene rings is 2. The molecule has 1 amide bonds. The Morgan fingerprint density at radius 3 is 2.30 bits per heavy atom. The summed E-state index contributed by atoms with van der Waals surface area (Å²) < 4.78 is 36.5. The van der Waals surface area contributed by atoms with Crippen molar-refractivity contribution in [2.75, 3.05) is 32.1 Å². The number of amides is 1. The highest BCUT2D eigenvalue weighted by molar-refractivity contribution is 7.89. The molecular formula is C20H23ClN2O6S. The first-order chi connectivity index (χ1) is 14.2. The number of nitrogens with one attached hydrogen (secondary N) is 1. The van der Waals surface area contributed by atoms with Gasteiger partial charge in [-0.15, -0.1) is 0 Å². The zero-order valence-electron chi connectivity index (χ0n) is 16.8. The van der Waals surface area contributed by atoms with Gasteiger partial charge in [0.15, 0.2) is 0 Å². The van der Waals surface area contributed by atoms with Crippen molar-refractivity contribution in [2.24, 2.45) is 0 Å². The van der Waals surface area contributed by atoms with Crippen LogP contribution in [0.3, 0.4) is 0 Å². The lowest BCUT2D eigenvalue weighted by molar-refractivity contribution is -0.116. The standard InChI is InChI=1S/C20H23ClN2O6S/c1-4-28-18-11-10-16(12-17(18)21)30(26,27)23(3)13-19(24)22-15-8-6-14(7-9-15)20(25)29-5-2/h6-12H,4-5,13H2,1-3H3,(H,22,24). The van der Waals surface area contributed by atoms with Crippen LogP contribution in [0.2, 0.25) is 5.02 Å². The number of esters is 1. The maximum absolute atomic E-state index is 12.7. The van der Waals surface area contributed by atoms with E-state index in [-0.39, 0.29) is 16.5 Å². The fraction of sp³-hybridized carbons (Fsp3) is 0.300. The number of carbonyl (C=O) groups excluding carboxylic acids is 2. The molecule has 0 radical (unpaired) electrons. The van der Waals surface area contributed by atoms with Crippen LogP contribution in [0.15, 0.2) is 47.4 Å². The Balaban J connectivity index is 2.04. The van der Waals surface area contributed by atoms with E-state index in [9.17, 15) is 18.0 Å². The Labute approximate surface area is 180 Å². The van der Waals surface area contributed by atoms with Crippen LogP contribution in [-0.2, 0) is 19.6 Å². The van der Waals surface area contributed by atoms with Gasteiger partial charge in [-0.05, 0) is 56.3 Å². The second-order valence-corrected chi connectivity index (χ2v) is 8.58. The second kappa shape index (κ2) is 10.4. The normalized spacial score (nSPS) is 11.2. The van der Waals surface area contributed by atoms with Gasteiger partial charge in [0, 0.05) is 12.7 Å². The number of likely N-dealkylation sites (N-methyl/N-ethyl adjacent to an activating group) is 1. The van der Waals surface area contributed by atoms with Crippen molar-refractivity contribution >= 4 is 39.2 Å². The highest BCUT2D eigenvalue weighted by atomic mass is 35.5. The molecule has 2 aromatic carbocycles. The topological polar surface area (TPSA) is 102 Å². The Hall–Kier alpha value is -2.62. The summed E-state index contributed by atoms with van der Waals surface area (Å²) in [6, 6.07) is 10.2. The lowest BCUT2D eigenvalue weighted by atomic mass is 10.2. The van der Waals surface area contributed by atoms with Gasteiger partial charge < -0.3 is 14.8 Å². The number of hydrogen-bond donors (Lipinski definition) is 1. The van der Waals surface area contributed by atoms with Crippen LogP contribution < -0.4 is 10.1 Å². The maximum atomic E-state index is 12.7. The number of halogens is 1. The van der Waals surface area contributed by atoms with Gasteiger partial charge in [0.25, 0.3) is 0 Å². The third-order valence-electron chi connectivity index (χ3n) is 3.96. The molecule has 0 saturated carbocycles. The Morgan fingerprint density at radius 2 is 1.73 bits per heavy atom. The molecule has 1 N–H and O–H groups in total. The van der Waals surface area contributed by atoms with Gasteiger partial charge in [-0.25, -0.2) is 13.2 Å². The maximum Gasteiger partial charge on any atom is 0.338 e. The molecule has 0 bridgehead atoms. The van der Waals surface area contributed by atoms with Crippen LogP contribution in [0.5, 0.6) is 5.75 Å². The highest BCUT2D eigenvalue weighted by Crippen LogP contribution is 2.28. The van der Waals surface area contributed by atoms with E-state index in [2.05, 4.69) is 5.32 Å². The van der Waals surface area contributed by atoms with E-state index < -0.39 is 28.4 Å². The number of sulfonamides is 1. The quantitative estimate of drug-likeness (QED) is 0.584. The number of carbonyl (C=O) groups is 2. The summed E-state index contributed by atoms with van der Waals surface area (Å²) in [5, 5.41) is 2.75. The third-order valence-corrected chi connectivity index (χ3v) is 6.05. The van der Waals surface area contributed by atoms with Crippen LogP contribution in [0, 0.1) is 0 Å². The highest BCUT2D eigenvalue weighted by Gasteiger charge is 2.24. The first-order valence-electron chi connectivity index (χ1n) is 9.14. The molecule has 0 unspecified atom stereocenters. The average molecular weight is 455 g/mol. The minimum absolute atomic E-state index is 0.0509. The molecule has 0 atom stereocenters. The third kappa shape index (κ3) is 5.94. The molecule has 30 heavy (non-hydrogen) atoms. The lowest BCUT2D eigenvalue weighted by Gasteiger charge is -2.17. The van der Waals surface area contributed by atoms with Crippen molar-refractivity contribution in [2.45, 2.75) is 18.7 Å². The fourth-order valence-electron chi connectivity index (χ4n) is 2.49. The molecule has 0 spiro atoms. The summed E-state index contributed by atoms with van der Waals surface area (Å²) in [6.45, 7) is 3.74. The van der Waals surface area contributed by atoms with E-state index >= 15 is 0 Å². The van der Waals surface area contributed by atoms with E-state index in [4.69, 9.17) is 21.1 Å². The summed E-state index contributed by atoms with van der Waals surface area (Å²) in [7, 11) is -2.64. The Morgan fingerprint density at radius 1 is 1.07 bits per heavy atom. The summed E-state index contributed by atoms with van der Waals surface area (Å²) in [4.78, 5) is 23.9. The first-order valence-corrected chi connectivity index (χ1v) is 11.0. The molecule has 2 rings (SSSR count). The molecule has 0 aliphatic rings. The summed E-state index contributed by atoms with van der Waals surface area (Å²) >= 11 is 6.07. The molecule has 2 aromatic rings. The Kier molecular flexibility index (Phi) is 8.22.